The fourth-order valence-electron chi connectivity index (χ4n) is 5.63. The van der Waals surface area contributed by atoms with E-state index >= 15 is 0 Å². The number of fused-ring (bicyclic) bond motifs is 5. The molecule has 6 rings (SSSR count). The number of hydrogen-bond acceptors (Lipinski definition) is 5. The number of rotatable bonds is 6. The van der Waals surface area contributed by atoms with Crippen molar-refractivity contribution in [1.29, 1.82) is 0 Å². The Bertz CT molecular complexity index is 1890. The largest absolute Gasteiger partial charge is 0.490 e. The standard InChI is InChI=1S/C33H27F3N2O4/c1-4-38-26-14-12-20(29(39)23-11-6-5-8-19(23)2)17-24(26)28-27(38)15-13-25-30(28)41-18-32(25,3)37-42-31(40)21-9-7-10-22(16-21)33(34,35)36/h5-17,37H,4,18H2,1-3H3. The summed E-state index contributed by atoms with van der Waals surface area (Å²) in [5.74, 6) is -0.428. The van der Waals surface area contributed by atoms with Gasteiger partial charge < -0.3 is 14.1 Å². The van der Waals surface area contributed by atoms with Crippen molar-refractivity contribution in [2.24, 2.45) is 0 Å². The van der Waals surface area contributed by atoms with Gasteiger partial charge in [0.25, 0.3) is 0 Å². The van der Waals surface area contributed by atoms with E-state index in [1.54, 1.807) is 6.92 Å². The van der Waals surface area contributed by atoms with Crippen molar-refractivity contribution in [3.63, 3.8) is 0 Å². The first-order chi connectivity index (χ1) is 20.0. The lowest BCUT2D eigenvalue weighted by molar-refractivity contribution is -0.137. The molecule has 0 saturated carbocycles. The molecule has 0 bridgehead atoms. The average molecular weight is 573 g/mol. The van der Waals surface area contributed by atoms with Gasteiger partial charge in [-0.15, -0.1) is 5.48 Å². The summed E-state index contributed by atoms with van der Waals surface area (Å²) in [6.45, 7) is 6.53. The number of halogens is 3. The van der Waals surface area contributed by atoms with E-state index in [2.05, 4.69) is 10.0 Å². The highest BCUT2D eigenvalue weighted by Gasteiger charge is 2.40. The number of hydrogen-bond donors (Lipinski definition) is 1. The lowest BCUT2D eigenvalue weighted by atomic mass is 9.93. The molecule has 0 amide bonds. The Balaban J connectivity index is 1.37. The molecule has 1 N–H and O–H groups in total. The molecule has 5 aromatic rings. The van der Waals surface area contributed by atoms with Crippen molar-refractivity contribution in [2.75, 3.05) is 6.61 Å². The Kier molecular flexibility index (Phi) is 6.57. The summed E-state index contributed by atoms with van der Waals surface area (Å²) >= 11 is 0. The summed E-state index contributed by atoms with van der Waals surface area (Å²) in [6, 6.07) is 21.1. The first kappa shape index (κ1) is 27.5. The smallest absolute Gasteiger partial charge is 0.416 e. The molecule has 214 valence electrons. The average Bonchev–Trinajstić information content (AvgIpc) is 3.49. The zero-order valence-electron chi connectivity index (χ0n) is 23.1. The number of hydroxylamine groups is 1. The Hall–Kier alpha value is -4.63. The monoisotopic (exact) mass is 572 g/mol. The first-order valence-corrected chi connectivity index (χ1v) is 13.5. The van der Waals surface area contributed by atoms with E-state index < -0.39 is 23.2 Å². The number of aryl methyl sites for hydroxylation is 2. The van der Waals surface area contributed by atoms with Crippen LogP contribution in [-0.2, 0) is 23.1 Å². The molecule has 0 saturated heterocycles. The van der Waals surface area contributed by atoms with Gasteiger partial charge in [-0.3, -0.25) is 4.79 Å². The zero-order chi connectivity index (χ0) is 29.8. The van der Waals surface area contributed by atoms with Gasteiger partial charge in [0.05, 0.1) is 16.6 Å². The number of ketones is 1. The van der Waals surface area contributed by atoms with Gasteiger partial charge in [0.1, 0.15) is 17.9 Å². The van der Waals surface area contributed by atoms with E-state index in [4.69, 9.17) is 9.57 Å². The van der Waals surface area contributed by atoms with E-state index in [1.807, 2.05) is 68.4 Å². The minimum atomic E-state index is -4.58. The molecule has 0 radical (unpaired) electrons. The zero-order valence-corrected chi connectivity index (χ0v) is 23.1. The second-order valence-corrected chi connectivity index (χ2v) is 10.6. The van der Waals surface area contributed by atoms with Gasteiger partial charge in [-0.25, -0.2) is 4.79 Å². The number of alkyl halides is 3. The van der Waals surface area contributed by atoms with Crippen molar-refractivity contribution in [2.45, 2.75) is 39.0 Å². The van der Waals surface area contributed by atoms with Crippen molar-refractivity contribution < 1.29 is 32.3 Å². The number of benzene rings is 4. The lowest BCUT2D eigenvalue weighted by Gasteiger charge is -2.23. The van der Waals surface area contributed by atoms with Crippen LogP contribution in [0.4, 0.5) is 13.2 Å². The first-order valence-electron chi connectivity index (χ1n) is 13.5. The van der Waals surface area contributed by atoms with E-state index in [1.165, 1.54) is 6.07 Å². The quantitative estimate of drug-likeness (QED) is 0.170. The molecular formula is C33H27F3N2O4. The normalized spacial score (nSPS) is 16.4. The van der Waals surface area contributed by atoms with Crippen LogP contribution in [0.25, 0.3) is 21.8 Å². The summed E-state index contributed by atoms with van der Waals surface area (Å²) < 4.78 is 47.7. The predicted octanol–water partition coefficient (Wildman–Crippen LogP) is 7.34. The minimum Gasteiger partial charge on any atom is -0.490 e. The second-order valence-electron chi connectivity index (χ2n) is 10.6. The topological polar surface area (TPSA) is 69.6 Å². The Morgan fingerprint density at radius 3 is 2.48 bits per heavy atom. The van der Waals surface area contributed by atoms with Gasteiger partial charge in [-0.1, -0.05) is 36.4 Å². The number of ether oxygens (including phenoxy) is 1. The third-order valence-corrected chi connectivity index (χ3v) is 7.85. The van der Waals surface area contributed by atoms with Crippen LogP contribution >= 0.6 is 0 Å². The predicted molar refractivity (Wildman–Crippen MR) is 153 cm³/mol. The van der Waals surface area contributed by atoms with E-state index in [9.17, 15) is 22.8 Å². The number of nitrogens with zero attached hydrogens (tertiary/aromatic N) is 1. The van der Waals surface area contributed by atoms with E-state index in [-0.39, 0.29) is 18.0 Å². The highest BCUT2D eigenvalue weighted by Crippen LogP contribution is 2.46. The van der Waals surface area contributed by atoms with Crippen molar-refractivity contribution in [1.82, 2.24) is 10.0 Å². The lowest BCUT2D eigenvalue weighted by Crippen LogP contribution is -2.42. The third-order valence-electron chi connectivity index (χ3n) is 7.85. The molecule has 6 nitrogen and oxygen atoms in total. The van der Waals surface area contributed by atoms with Crippen LogP contribution < -0.4 is 10.2 Å². The number of carbonyl (C=O) groups is 2. The molecule has 1 unspecified atom stereocenters. The molecule has 1 aliphatic rings. The summed E-state index contributed by atoms with van der Waals surface area (Å²) in [6.07, 6.45) is -4.58. The third kappa shape index (κ3) is 4.50. The van der Waals surface area contributed by atoms with Crippen LogP contribution in [0.3, 0.4) is 0 Å². The number of aromatic nitrogens is 1. The van der Waals surface area contributed by atoms with E-state index in [0.717, 1.165) is 51.1 Å². The summed E-state index contributed by atoms with van der Waals surface area (Å²) in [4.78, 5) is 31.4. The maximum atomic E-state index is 13.4. The van der Waals surface area contributed by atoms with Gasteiger partial charge in [-0.2, -0.15) is 13.2 Å². The Labute approximate surface area is 239 Å². The Morgan fingerprint density at radius 1 is 0.976 bits per heavy atom. The van der Waals surface area contributed by atoms with Crippen molar-refractivity contribution >= 4 is 33.6 Å². The van der Waals surface area contributed by atoms with Crippen LogP contribution in [0.15, 0.2) is 78.9 Å². The highest BCUT2D eigenvalue weighted by molar-refractivity contribution is 6.16. The number of nitrogens with one attached hydrogen (secondary N) is 1. The van der Waals surface area contributed by atoms with Gasteiger partial charge >= 0.3 is 12.1 Å². The molecule has 4 aromatic carbocycles. The summed E-state index contributed by atoms with van der Waals surface area (Å²) in [7, 11) is 0. The molecule has 42 heavy (non-hydrogen) atoms. The van der Waals surface area contributed by atoms with Gasteiger partial charge in [0, 0.05) is 39.5 Å². The van der Waals surface area contributed by atoms with Gasteiger partial charge in [0.2, 0.25) is 0 Å². The van der Waals surface area contributed by atoms with Crippen LogP contribution in [0.5, 0.6) is 5.75 Å². The molecule has 0 fully saturated rings. The van der Waals surface area contributed by atoms with Crippen LogP contribution in [0.1, 0.15) is 56.8 Å². The molecule has 9 heteroatoms. The fraction of sp³-hybridized carbons (Fsp3) is 0.212. The van der Waals surface area contributed by atoms with Gasteiger partial charge in [0.15, 0.2) is 5.78 Å². The molecule has 0 spiro atoms. The summed E-state index contributed by atoms with van der Waals surface area (Å²) in [5, 5.41) is 1.69. The van der Waals surface area contributed by atoms with Crippen molar-refractivity contribution in [3.8, 4) is 5.75 Å². The SMILES string of the molecule is CCn1c2ccc(C(=O)c3ccccc3C)cc2c2c3c(ccc21)C(C)(NOC(=O)c1cccc(C(F)(F)F)c1)CO3. The fourth-order valence-corrected chi connectivity index (χ4v) is 5.63. The minimum absolute atomic E-state index is 0.0751. The molecule has 0 aliphatic carbocycles. The van der Waals surface area contributed by atoms with Crippen molar-refractivity contribution in [3.05, 3.63) is 112 Å². The maximum absolute atomic E-state index is 13.4. The van der Waals surface area contributed by atoms with Gasteiger partial charge in [-0.05, 0) is 68.8 Å². The molecule has 1 atom stereocenters. The molecule has 1 aromatic heterocycles. The van der Waals surface area contributed by atoms with Crippen LogP contribution in [0.2, 0.25) is 0 Å². The molecular weight excluding hydrogens is 545 g/mol. The Morgan fingerprint density at radius 2 is 1.74 bits per heavy atom. The second kappa shape index (κ2) is 10.0. The molecule has 2 heterocycles. The number of carbonyl (C=O) groups excluding carboxylic acids is 2. The van der Waals surface area contributed by atoms with Crippen LogP contribution in [-0.4, -0.2) is 22.9 Å². The summed E-state index contributed by atoms with van der Waals surface area (Å²) in [5.41, 5.74) is 5.28. The highest BCUT2D eigenvalue weighted by atomic mass is 19.4. The maximum Gasteiger partial charge on any atom is 0.416 e. The van der Waals surface area contributed by atoms with E-state index in [0.29, 0.717) is 23.4 Å². The molecule has 1 aliphatic heterocycles. The van der Waals surface area contributed by atoms with Crippen LogP contribution in [0, 0.1) is 6.92 Å².